The van der Waals surface area contributed by atoms with Gasteiger partial charge in [-0.2, -0.15) is 0 Å². The number of anilines is 1. The molecule has 0 radical (unpaired) electrons. The summed E-state index contributed by atoms with van der Waals surface area (Å²) in [5, 5.41) is 4.91. The van der Waals surface area contributed by atoms with E-state index in [0.717, 1.165) is 0 Å². The van der Waals surface area contributed by atoms with Gasteiger partial charge in [0.2, 0.25) is 5.91 Å². The van der Waals surface area contributed by atoms with Crippen molar-refractivity contribution in [2.24, 2.45) is 5.73 Å². The van der Waals surface area contributed by atoms with E-state index >= 15 is 0 Å². The van der Waals surface area contributed by atoms with Crippen LogP contribution in [-0.4, -0.2) is 32.2 Å². The van der Waals surface area contributed by atoms with Crippen LogP contribution in [0.15, 0.2) is 18.2 Å². The third-order valence-electron chi connectivity index (χ3n) is 2.37. The van der Waals surface area contributed by atoms with Gasteiger partial charge in [0.1, 0.15) is 17.5 Å². The van der Waals surface area contributed by atoms with Crippen LogP contribution in [0, 0.1) is 0 Å². The van der Waals surface area contributed by atoms with Crippen molar-refractivity contribution < 1.29 is 19.1 Å². The number of imide groups is 1. The van der Waals surface area contributed by atoms with Crippen LogP contribution in [0.25, 0.3) is 0 Å². The first kappa shape index (κ1) is 14.6. The number of primary amides is 1. The molecule has 1 aromatic rings. The molecule has 1 atom stereocenters. The monoisotopic (exact) mass is 267 g/mol. The number of benzene rings is 1. The molecule has 3 amide bonds. The van der Waals surface area contributed by atoms with E-state index in [9.17, 15) is 9.59 Å². The topological polar surface area (TPSA) is 103 Å². The van der Waals surface area contributed by atoms with Crippen molar-refractivity contribution >= 4 is 17.6 Å². The van der Waals surface area contributed by atoms with E-state index in [1.54, 1.807) is 25.1 Å². The third kappa shape index (κ3) is 4.38. The fourth-order valence-corrected chi connectivity index (χ4v) is 1.44. The van der Waals surface area contributed by atoms with E-state index in [2.05, 4.69) is 5.32 Å². The lowest BCUT2D eigenvalue weighted by Gasteiger charge is -2.15. The van der Waals surface area contributed by atoms with Gasteiger partial charge in [0.25, 0.3) is 0 Å². The Labute approximate surface area is 111 Å². The van der Waals surface area contributed by atoms with Crippen LogP contribution in [0.2, 0.25) is 0 Å². The standard InChI is InChI=1S/C12H17N3O4/c1-7(11(16)15-12(13)17)14-8-4-9(18-2)6-10(5-8)19-3/h4-7,14H,1-3H3,(H3,13,15,16,17). The lowest BCUT2D eigenvalue weighted by Crippen LogP contribution is -2.43. The highest BCUT2D eigenvalue weighted by Crippen LogP contribution is 2.26. The molecule has 0 spiro atoms. The van der Waals surface area contributed by atoms with Crippen molar-refractivity contribution in [1.82, 2.24) is 5.32 Å². The van der Waals surface area contributed by atoms with Crippen molar-refractivity contribution in [1.29, 1.82) is 0 Å². The van der Waals surface area contributed by atoms with Gasteiger partial charge in [0, 0.05) is 23.9 Å². The van der Waals surface area contributed by atoms with Crippen LogP contribution in [0.3, 0.4) is 0 Å². The number of amides is 3. The molecule has 0 aliphatic rings. The number of hydrogen-bond donors (Lipinski definition) is 3. The summed E-state index contributed by atoms with van der Waals surface area (Å²) in [4.78, 5) is 22.1. The molecule has 0 aliphatic heterocycles. The van der Waals surface area contributed by atoms with Crippen LogP contribution < -0.4 is 25.8 Å². The Morgan fingerprint density at radius 2 is 1.68 bits per heavy atom. The van der Waals surface area contributed by atoms with Gasteiger partial charge in [-0.3, -0.25) is 10.1 Å². The van der Waals surface area contributed by atoms with E-state index in [1.165, 1.54) is 14.2 Å². The first-order valence-electron chi connectivity index (χ1n) is 5.56. The van der Waals surface area contributed by atoms with Crippen molar-refractivity contribution in [3.63, 3.8) is 0 Å². The number of hydrogen-bond acceptors (Lipinski definition) is 5. The molecule has 19 heavy (non-hydrogen) atoms. The normalized spacial score (nSPS) is 11.3. The van der Waals surface area contributed by atoms with Crippen molar-refractivity contribution in [2.45, 2.75) is 13.0 Å². The predicted molar refractivity (Wildman–Crippen MR) is 70.4 cm³/mol. The van der Waals surface area contributed by atoms with E-state index < -0.39 is 18.0 Å². The molecule has 0 aromatic heterocycles. The van der Waals surface area contributed by atoms with Gasteiger partial charge in [0.05, 0.1) is 14.2 Å². The van der Waals surface area contributed by atoms with Crippen molar-refractivity contribution in [3.05, 3.63) is 18.2 Å². The molecule has 7 heteroatoms. The number of nitrogens with two attached hydrogens (primary N) is 1. The van der Waals surface area contributed by atoms with E-state index in [0.29, 0.717) is 17.2 Å². The van der Waals surface area contributed by atoms with Gasteiger partial charge in [-0.25, -0.2) is 4.79 Å². The van der Waals surface area contributed by atoms with E-state index in [-0.39, 0.29) is 0 Å². The molecule has 7 nitrogen and oxygen atoms in total. The van der Waals surface area contributed by atoms with Gasteiger partial charge in [-0.05, 0) is 6.92 Å². The maximum Gasteiger partial charge on any atom is 0.318 e. The second-order valence-corrected chi connectivity index (χ2v) is 3.82. The Balaban J connectivity index is 2.80. The molecule has 4 N–H and O–H groups in total. The molecule has 0 aliphatic carbocycles. The van der Waals surface area contributed by atoms with Crippen molar-refractivity contribution in [3.8, 4) is 11.5 Å². The Morgan fingerprint density at radius 1 is 1.16 bits per heavy atom. The summed E-state index contributed by atoms with van der Waals surface area (Å²) in [5.74, 6) is 0.656. The summed E-state index contributed by atoms with van der Waals surface area (Å²) in [6, 6.07) is 3.60. The summed E-state index contributed by atoms with van der Waals surface area (Å²) in [6.07, 6.45) is 0. The molecule has 1 rings (SSSR count). The fraction of sp³-hybridized carbons (Fsp3) is 0.333. The summed E-state index contributed by atoms with van der Waals surface area (Å²) in [5.41, 5.74) is 5.51. The zero-order valence-corrected chi connectivity index (χ0v) is 11.0. The van der Waals surface area contributed by atoms with Gasteiger partial charge in [-0.15, -0.1) is 0 Å². The number of carbonyl (C=O) groups excluding carboxylic acids is 2. The zero-order valence-electron chi connectivity index (χ0n) is 11.0. The Hall–Kier alpha value is -2.44. The third-order valence-corrected chi connectivity index (χ3v) is 2.37. The number of rotatable bonds is 5. The summed E-state index contributed by atoms with van der Waals surface area (Å²) < 4.78 is 10.2. The minimum Gasteiger partial charge on any atom is -0.497 e. The molecule has 0 bridgehead atoms. The number of carbonyl (C=O) groups is 2. The van der Waals surface area contributed by atoms with Crippen LogP contribution >= 0.6 is 0 Å². The SMILES string of the molecule is COc1cc(NC(C)C(=O)NC(N)=O)cc(OC)c1. The number of urea groups is 1. The molecule has 104 valence electrons. The summed E-state index contributed by atoms with van der Waals surface area (Å²) in [6.45, 7) is 1.60. The minimum atomic E-state index is -0.887. The summed E-state index contributed by atoms with van der Waals surface area (Å²) in [7, 11) is 3.06. The largest absolute Gasteiger partial charge is 0.497 e. The predicted octanol–water partition coefficient (Wildman–Crippen LogP) is 0.699. The average molecular weight is 267 g/mol. The smallest absolute Gasteiger partial charge is 0.318 e. The first-order chi connectivity index (χ1) is 8.96. The van der Waals surface area contributed by atoms with Crippen molar-refractivity contribution in [2.75, 3.05) is 19.5 Å². The lowest BCUT2D eigenvalue weighted by molar-refractivity contribution is -0.120. The molecule has 0 heterocycles. The maximum absolute atomic E-state index is 11.5. The lowest BCUT2D eigenvalue weighted by atomic mass is 10.2. The Bertz CT molecular complexity index is 454. The number of methoxy groups -OCH3 is 2. The molecule has 0 saturated carbocycles. The Morgan fingerprint density at radius 3 is 2.11 bits per heavy atom. The first-order valence-corrected chi connectivity index (χ1v) is 5.56. The quantitative estimate of drug-likeness (QED) is 0.728. The molecular formula is C12H17N3O4. The molecule has 1 aromatic carbocycles. The van der Waals surface area contributed by atoms with Crippen LogP contribution in [0.1, 0.15) is 6.92 Å². The number of nitrogens with one attached hydrogen (secondary N) is 2. The summed E-state index contributed by atoms with van der Waals surface area (Å²) >= 11 is 0. The van der Waals surface area contributed by atoms with Crippen LogP contribution in [0.4, 0.5) is 10.5 Å². The molecular weight excluding hydrogens is 250 g/mol. The average Bonchev–Trinajstić information content (AvgIpc) is 2.37. The second-order valence-electron chi connectivity index (χ2n) is 3.82. The van der Waals surface area contributed by atoms with Gasteiger partial charge in [0.15, 0.2) is 0 Å². The highest BCUT2D eigenvalue weighted by molar-refractivity contribution is 5.97. The molecule has 0 fully saturated rings. The fourth-order valence-electron chi connectivity index (χ4n) is 1.44. The highest BCUT2D eigenvalue weighted by atomic mass is 16.5. The van der Waals surface area contributed by atoms with Gasteiger partial charge < -0.3 is 20.5 Å². The second kappa shape index (κ2) is 6.48. The van der Waals surface area contributed by atoms with E-state index in [4.69, 9.17) is 15.2 Å². The Kier molecular flexibility index (Phi) is 4.99. The molecule has 1 unspecified atom stereocenters. The molecule has 0 saturated heterocycles. The zero-order chi connectivity index (χ0) is 14.4. The number of ether oxygens (including phenoxy) is 2. The van der Waals surface area contributed by atoms with Gasteiger partial charge in [-0.1, -0.05) is 0 Å². The van der Waals surface area contributed by atoms with Gasteiger partial charge >= 0.3 is 6.03 Å². The minimum absolute atomic E-state index is 0.519. The maximum atomic E-state index is 11.5. The highest BCUT2D eigenvalue weighted by Gasteiger charge is 2.14. The van der Waals surface area contributed by atoms with Crippen LogP contribution in [-0.2, 0) is 4.79 Å². The van der Waals surface area contributed by atoms with E-state index in [1.807, 2.05) is 5.32 Å². The van der Waals surface area contributed by atoms with Crippen LogP contribution in [0.5, 0.6) is 11.5 Å².